The molecule has 0 unspecified atom stereocenters. The Labute approximate surface area is 143 Å². The number of halogens is 1. The van der Waals surface area contributed by atoms with Crippen LogP contribution >= 0.6 is 15.9 Å². The third-order valence-corrected chi connectivity index (χ3v) is 4.04. The smallest absolute Gasteiger partial charge is 0.341 e. The van der Waals surface area contributed by atoms with Gasteiger partial charge in [0, 0.05) is 4.47 Å². The highest BCUT2D eigenvalue weighted by Gasteiger charge is 2.15. The summed E-state index contributed by atoms with van der Waals surface area (Å²) >= 11 is 3.44. The zero-order chi connectivity index (χ0) is 16.2. The van der Waals surface area contributed by atoms with E-state index in [1.165, 1.54) is 7.11 Å². The van der Waals surface area contributed by atoms with E-state index in [-0.39, 0.29) is 0 Å². The number of ether oxygens (including phenoxy) is 2. The van der Waals surface area contributed by atoms with Crippen LogP contribution in [0, 0.1) is 0 Å². The normalized spacial score (nSPS) is 10.5. The maximum absolute atomic E-state index is 12.1. The van der Waals surface area contributed by atoms with Crippen LogP contribution in [0.4, 0.5) is 0 Å². The molecule has 0 bridgehead atoms. The predicted molar refractivity (Wildman–Crippen MR) is 93.8 cm³/mol. The largest absolute Gasteiger partial charge is 0.488 e. The van der Waals surface area contributed by atoms with Crippen molar-refractivity contribution < 1.29 is 14.3 Å². The summed E-state index contributed by atoms with van der Waals surface area (Å²) in [6, 6.07) is 19.4. The predicted octanol–water partition coefficient (Wildman–Crippen LogP) is 4.97. The van der Waals surface area contributed by atoms with Gasteiger partial charge >= 0.3 is 5.97 Å². The molecule has 0 saturated heterocycles. The van der Waals surface area contributed by atoms with E-state index >= 15 is 0 Å². The lowest BCUT2D eigenvalue weighted by Gasteiger charge is -2.12. The molecule has 0 heterocycles. The van der Waals surface area contributed by atoms with Crippen LogP contribution in [-0.2, 0) is 11.3 Å². The summed E-state index contributed by atoms with van der Waals surface area (Å²) in [4.78, 5) is 12.1. The van der Waals surface area contributed by atoms with Gasteiger partial charge in [-0.15, -0.1) is 0 Å². The summed E-state index contributed by atoms with van der Waals surface area (Å²) < 4.78 is 11.7. The number of hydrogen-bond donors (Lipinski definition) is 0. The van der Waals surface area contributed by atoms with Crippen LogP contribution in [0.25, 0.3) is 10.8 Å². The van der Waals surface area contributed by atoms with Crippen LogP contribution in [-0.4, -0.2) is 13.1 Å². The van der Waals surface area contributed by atoms with Crippen LogP contribution in [0.5, 0.6) is 5.75 Å². The third kappa shape index (κ3) is 3.54. The lowest BCUT2D eigenvalue weighted by Crippen LogP contribution is -2.06. The molecule has 3 nitrogen and oxygen atoms in total. The van der Waals surface area contributed by atoms with Crippen molar-refractivity contribution in [2.75, 3.05) is 7.11 Å². The fourth-order valence-corrected chi connectivity index (χ4v) is 2.75. The number of benzene rings is 3. The summed E-state index contributed by atoms with van der Waals surface area (Å²) in [7, 11) is 1.37. The molecule has 0 aliphatic rings. The topological polar surface area (TPSA) is 35.5 Å². The first-order valence-electron chi connectivity index (χ1n) is 7.16. The molecule has 0 fully saturated rings. The number of esters is 1. The minimum atomic E-state index is -0.407. The second-order valence-electron chi connectivity index (χ2n) is 5.11. The number of rotatable bonds is 4. The minimum absolute atomic E-state index is 0.396. The molecule has 0 N–H and O–H groups in total. The number of methoxy groups -OCH3 is 1. The van der Waals surface area contributed by atoms with Crippen LogP contribution < -0.4 is 4.74 Å². The quantitative estimate of drug-likeness (QED) is 0.608. The van der Waals surface area contributed by atoms with E-state index in [1.54, 1.807) is 6.07 Å². The van der Waals surface area contributed by atoms with E-state index in [0.29, 0.717) is 17.9 Å². The summed E-state index contributed by atoms with van der Waals surface area (Å²) in [6.45, 7) is 0.396. The summed E-state index contributed by atoms with van der Waals surface area (Å²) in [5.41, 5.74) is 1.47. The maximum atomic E-state index is 12.1. The van der Waals surface area contributed by atoms with E-state index < -0.39 is 5.97 Å². The number of hydrogen-bond acceptors (Lipinski definition) is 3. The van der Waals surface area contributed by atoms with Crippen molar-refractivity contribution in [3.8, 4) is 5.75 Å². The first kappa shape index (κ1) is 15.6. The SMILES string of the molecule is COC(=O)c1cc2cc(Br)ccc2cc1OCc1ccccc1. The molecule has 3 aromatic carbocycles. The lowest BCUT2D eigenvalue weighted by atomic mass is 10.1. The van der Waals surface area contributed by atoms with Crippen molar-refractivity contribution in [3.63, 3.8) is 0 Å². The van der Waals surface area contributed by atoms with Crippen LogP contribution in [0.2, 0.25) is 0 Å². The molecular formula is C19H15BrO3. The van der Waals surface area contributed by atoms with E-state index in [9.17, 15) is 4.79 Å². The van der Waals surface area contributed by atoms with Gasteiger partial charge in [0.05, 0.1) is 7.11 Å². The van der Waals surface area contributed by atoms with Gasteiger partial charge in [-0.05, 0) is 40.6 Å². The van der Waals surface area contributed by atoms with Gasteiger partial charge in [0.15, 0.2) is 0 Å². The Kier molecular flexibility index (Phi) is 4.63. The Bertz CT molecular complexity index is 844. The van der Waals surface area contributed by atoms with Gasteiger partial charge in [-0.1, -0.05) is 52.3 Å². The van der Waals surface area contributed by atoms with Crippen molar-refractivity contribution in [1.29, 1.82) is 0 Å². The molecule has 0 amide bonds. The highest BCUT2D eigenvalue weighted by atomic mass is 79.9. The number of carbonyl (C=O) groups is 1. The molecule has 3 aromatic rings. The summed E-state index contributed by atoms with van der Waals surface area (Å²) in [5.74, 6) is 0.116. The van der Waals surface area contributed by atoms with E-state index in [4.69, 9.17) is 9.47 Å². The fourth-order valence-electron chi connectivity index (χ4n) is 2.37. The minimum Gasteiger partial charge on any atom is -0.488 e. The molecular weight excluding hydrogens is 356 g/mol. The zero-order valence-corrected chi connectivity index (χ0v) is 14.2. The van der Waals surface area contributed by atoms with E-state index in [0.717, 1.165) is 20.8 Å². The van der Waals surface area contributed by atoms with Gasteiger partial charge in [-0.3, -0.25) is 0 Å². The fraction of sp³-hybridized carbons (Fsp3) is 0.105. The van der Waals surface area contributed by atoms with E-state index in [2.05, 4.69) is 15.9 Å². The van der Waals surface area contributed by atoms with Crippen molar-refractivity contribution in [1.82, 2.24) is 0 Å². The van der Waals surface area contributed by atoms with Crippen molar-refractivity contribution in [2.45, 2.75) is 6.61 Å². The Hall–Kier alpha value is -2.33. The molecule has 0 aromatic heterocycles. The molecule has 116 valence electrons. The zero-order valence-electron chi connectivity index (χ0n) is 12.6. The summed E-state index contributed by atoms with van der Waals surface area (Å²) in [6.07, 6.45) is 0. The maximum Gasteiger partial charge on any atom is 0.341 e. The highest BCUT2D eigenvalue weighted by molar-refractivity contribution is 9.10. The average Bonchev–Trinajstić information content (AvgIpc) is 2.59. The van der Waals surface area contributed by atoms with Crippen molar-refractivity contribution >= 4 is 32.7 Å². The third-order valence-electron chi connectivity index (χ3n) is 3.54. The molecule has 4 heteroatoms. The van der Waals surface area contributed by atoms with Gasteiger partial charge in [-0.2, -0.15) is 0 Å². The Morgan fingerprint density at radius 2 is 1.78 bits per heavy atom. The molecule has 0 aliphatic carbocycles. The Morgan fingerprint density at radius 1 is 1.00 bits per heavy atom. The first-order chi connectivity index (χ1) is 11.2. The standard InChI is InChI=1S/C19H15BrO3/c1-22-19(21)17-10-15-9-16(20)8-7-14(15)11-18(17)23-12-13-5-3-2-4-6-13/h2-11H,12H2,1H3. The molecule has 0 saturated carbocycles. The number of fused-ring (bicyclic) bond motifs is 1. The van der Waals surface area contributed by atoms with Gasteiger partial charge in [0.2, 0.25) is 0 Å². The average molecular weight is 371 g/mol. The second-order valence-corrected chi connectivity index (χ2v) is 6.02. The molecule has 3 rings (SSSR count). The Morgan fingerprint density at radius 3 is 2.52 bits per heavy atom. The van der Waals surface area contributed by atoms with E-state index in [1.807, 2.05) is 54.6 Å². The Balaban J connectivity index is 1.99. The highest BCUT2D eigenvalue weighted by Crippen LogP contribution is 2.29. The van der Waals surface area contributed by atoms with Gasteiger partial charge in [-0.25, -0.2) is 4.79 Å². The number of carbonyl (C=O) groups excluding carboxylic acids is 1. The van der Waals surface area contributed by atoms with Gasteiger partial charge in [0.1, 0.15) is 17.9 Å². The molecule has 0 aliphatic heterocycles. The molecule has 0 radical (unpaired) electrons. The second kappa shape index (κ2) is 6.84. The molecule has 0 spiro atoms. The van der Waals surface area contributed by atoms with Crippen LogP contribution in [0.3, 0.4) is 0 Å². The van der Waals surface area contributed by atoms with Crippen LogP contribution in [0.15, 0.2) is 65.1 Å². The van der Waals surface area contributed by atoms with Gasteiger partial charge in [0.25, 0.3) is 0 Å². The van der Waals surface area contributed by atoms with Crippen LogP contribution in [0.1, 0.15) is 15.9 Å². The van der Waals surface area contributed by atoms with Crippen molar-refractivity contribution in [3.05, 3.63) is 76.3 Å². The lowest BCUT2D eigenvalue weighted by molar-refractivity contribution is 0.0596. The summed E-state index contributed by atoms with van der Waals surface area (Å²) in [5, 5.41) is 1.95. The molecule has 23 heavy (non-hydrogen) atoms. The van der Waals surface area contributed by atoms with Crippen molar-refractivity contribution in [2.24, 2.45) is 0 Å². The van der Waals surface area contributed by atoms with Gasteiger partial charge < -0.3 is 9.47 Å². The first-order valence-corrected chi connectivity index (χ1v) is 7.95. The monoisotopic (exact) mass is 370 g/mol. The molecule has 0 atom stereocenters.